The van der Waals surface area contributed by atoms with E-state index < -0.39 is 0 Å². The summed E-state index contributed by atoms with van der Waals surface area (Å²) in [5.74, 6) is 0. The highest BCUT2D eigenvalue weighted by Gasteiger charge is 2.33. The first-order valence-electron chi connectivity index (χ1n) is 7.09. The Balaban J connectivity index is 4.47. The number of methoxy groups -OCH3 is 2. The van der Waals surface area contributed by atoms with Gasteiger partial charge in [0, 0.05) is 20.8 Å². The molecule has 0 unspecified atom stereocenters. The van der Waals surface area contributed by atoms with E-state index in [1.54, 1.807) is 14.2 Å². The van der Waals surface area contributed by atoms with Gasteiger partial charge in [0.2, 0.25) is 0 Å². The molecule has 4 nitrogen and oxygen atoms in total. The van der Waals surface area contributed by atoms with Gasteiger partial charge in [0.25, 0.3) is 0 Å². The Bertz CT molecular complexity index is 205. The maximum absolute atomic E-state index is 5.92. The SMILES string of the molecule is CCCCOCC(COC)(COC)COC(C)(C)C. The van der Waals surface area contributed by atoms with E-state index in [1.807, 2.05) is 0 Å². The van der Waals surface area contributed by atoms with Crippen LogP contribution in [0.25, 0.3) is 0 Å². The van der Waals surface area contributed by atoms with Crippen LogP contribution in [0.1, 0.15) is 40.5 Å². The summed E-state index contributed by atoms with van der Waals surface area (Å²) in [6.07, 6.45) is 2.22. The van der Waals surface area contributed by atoms with Crippen molar-refractivity contribution in [3.05, 3.63) is 0 Å². The standard InChI is InChI=1S/C15H32O4/c1-7-8-9-18-12-15(10-16-5,11-17-6)13-19-14(2,3)4/h7-13H2,1-6H3. The summed E-state index contributed by atoms with van der Waals surface area (Å²) in [6.45, 7) is 11.4. The van der Waals surface area contributed by atoms with E-state index in [9.17, 15) is 0 Å². The van der Waals surface area contributed by atoms with Crippen molar-refractivity contribution >= 4 is 0 Å². The third-order valence-corrected chi connectivity index (χ3v) is 2.76. The molecule has 0 aromatic rings. The van der Waals surface area contributed by atoms with Crippen molar-refractivity contribution in [1.82, 2.24) is 0 Å². The van der Waals surface area contributed by atoms with Gasteiger partial charge in [-0.3, -0.25) is 0 Å². The van der Waals surface area contributed by atoms with E-state index in [4.69, 9.17) is 18.9 Å². The second-order valence-electron chi connectivity index (χ2n) is 6.17. The Hall–Kier alpha value is -0.160. The average molecular weight is 276 g/mol. The van der Waals surface area contributed by atoms with Gasteiger partial charge >= 0.3 is 0 Å². The Labute approximate surface area is 118 Å². The molecule has 0 heterocycles. The van der Waals surface area contributed by atoms with Gasteiger partial charge in [0.15, 0.2) is 0 Å². The van der Waals surface area contributed by atoms with Crippen molar-refractivity contribution in [2.45, 2.75) is 46.1 Å². The van der Waals surface area contributed by atoms with Crippen LogP contribution in [0, 0.1) is 5.41 Å². The quantitative estimate of drug-likeness (QED) is 0.544. The van der Waals surface area contributed by atoms with Crippen LogP contribution < -0.4 is 0 Å². The summed E-state index contributed by atoms with van der Waals surface area (Å²) in [7, 11) is 3.40. The minimum atomic E-state index is -0.232. The van der Waals surface area contributed by atoms with Gasteiger partial charge < -0.3 is 18.9 Å². The van der Waals surface area contributed by atoms with Crippen LogP contribution >= 0.6 is 0 Å². The average Bonchev–Trinajstić information content (AvgIpc) is 2.32. The molecule has 0 bridgehead atoms. The maximum Gasteiger partial charge on any atom is 0.0637 e. The number of ether oxygens (including phenoxy) is 4. The lowest BCUT2D eigenvalue weighted by Gasteiger charge is -2.34. The predicted molar refractivity (Wildman–Crippen MR) is 77.6 cm³/mol. The Morgan fingerprint density at radius 3 is 1.84 bits per heavy atom. The van der Waals surface area contributed by atoms with E-state index in [1.165, 1.54) is 0 Å². The zero-order valence-electron chi connectivity index (χ0n) is 13.6. The zero-order chi connectivity index (χ0) is 14.8. The molecule has 0 fully saturated rings. The molecule has 0 aliphatic heterocycles. The van der Waals surface area contributed by atoms with Crippen LogP contribution in [0.2, 0.25) is 0 Å². The predicted octanol–water partition coefficient (Wildman–Crippen LogP) is 2.90. The summed E-state index contributed by atoms with van der Waals surface area (Å²) in [5, 5.41) is 0. The fourth-order valence-corrected chi connectivity index (χ4v) is 1.77. The summed E-state index contributed by atoms with van der Waals surface area (Å²) in [6, 6.07) is 0. The minimum absolute atomic E-state index is 0.170. The zero-order valence-corrected chi connectivity index (χ0v) is 13.6. The van der Waals surface area contributed by atoms with Gasteiger partial charge in [0.1, 0.15) is 0 Å². The molecule has 0 aliphatic rings. The van der Waals surface area contributed by atoms with Crippen molar-refractivity contribution in [3.8, 4) is 0 Å². The highest BCUT2D eigenvalue weighted by atomic mass is 16.5. The highest BCUT2D eigenvalue weighted by Crippen LogP contribution is 2.23. The molecule has 0 amide bonds. The molecule has 0 rings (SSSR count). The molecule has 0 aliphatic carbocycles. The third-order valence-electron chi connectivity index (χ3n) is 2.76. The van der Waals surface area contributed by atoms with Crippen LogP contribution in [0.3, 0.4) is 0 Å². The first kappa shape index (κ1) is 18.8. The fraction of sp³-hybridized carbons (Fsp3) is 1.00. The lowest BCUT2D eigenvalue weighted by atomic mass is 9.92. The molecule has 0 spiro atoms. The van der Waals surface area contributed by atoms with Crippen LogP contribution in [-0.2, 0) is 18.9 Å². The lowest BCUT2D eigenvalue weighted by Crippen LogP contribution is -2.43. The number of unbranched alkanes of at least 4 members (excludes halogenated alkanes) is 1. The van der Waals surface area contributed by atoms with Crippen molar-refractivity contribution in [3.63, 3.8) is 0 Å². The summed E-state index contributed by atoms with van der Waals surface area (Å²) in [4.78, 5) is 0. The number of rotatable bonds is 11. The van der Waals surface area contributed by atoms with Gasteiger partial charge in [-0.15, -0.1) is 0 Å². The van der Waals surface area contributed by atoms with Gasteiger partial charge in [-0.25, -0.2) is 0 Å². The normalized spacial score (nSPS) is 12.9. The Morgan fingerprint density at radius 1 is 0.842 bits per heavy atom. The van der Waals surface area contributed by atoms with Crippen LogP contribution in [0.5, 0.6) is 0 Å². The number of hydrogen-bond donors (Lipinski definition) is 0. The van der Waals surface area contributed by atoms with Gasteiger partial charge in [-0.2, -0.15) is 0 Å². The third kappa shape index (κ3) is 9.38. The van der Waals surface area contributed by atoms with Crippen LogP contribution in [-0.4, -0.2) is 52.9 Å². The lowest BCUT2D eigenvalue weighted by molar-refractivity contribution is -0.124. The monoisotopic (exact) mass is 276 g/mol. The molecule has 116 valence electrons. The Kier molecular flexibility index (Phi) is 9.62. The van der Waals surface area contributed by atoms with Crippen LogP contribution in [0.4, 0.5) is 0 Å². The smallest absolute Gasteiger partial charge is 0.0637 e. The first-order chi connectivity index (χ1) is 8.89. The summed E-state index contributed by atoms with van der Waals surface area (Å²) in [5.41, 5.74) is -0.402. The van der Waals surface area contributed by atoms with Gasteiger partial charge in [-0.05, 0) is 27.2 Å². The summed E-state index contributed by atoms with van der Waals surface area (Å²) < 4.78 is 22.4. The Morgan fingerprint density at radius 2 is 1.42 bits per heavy atom. The molecule has 0 saturated carbocycles. The van der Waals surface area contributed by atoms with Gasteiger partial charge in [0.05, 0.1) is 37.4 Å². The molecule has 0 atom stereocenters. The van der Waals surface area contributed by atoms with E-state index in [0.717, 1.165) is 19.4 Å². The molecule has 0 aromatic heterocycles. The van der Waals surface area contributed by atoms with Gasteiger partial charge in [-0.1, -0.05) is 13.3 Å². The molecule has 4 heteroatoms. The molecule has 0 saturated heterocycles. The van der Waals surface area contributed by atoms with Crippen molar-refractivity contribution in [2.24, 2.45) is 5.41 Å². The van der Waals surface area contributed by atoms with Crippen molar-refractivity contribution in [2.75, 3.05) is 47.3 Å². The van der Waals surface area contributed by atoms with Crippen LogP contribution in [0.15, 0.2) is 0 Å². The molecule has 0 radical (unpaired) electrons. The molecule has 0 aromatic carbocycles. The van der Waals surface area contributed by atoms with Crippen molar-refractivity contribution in [1.29, 1.82) is 0 Å². The maximum atomic E-state index is 5.92. The highest BCUT2D eigenvalue weighted by molar-refractivity contribution is 4.80. The molecule has 19 heavy (non-hydrogen) atoms. The van der Waals surface area contributed by atoms with E-state index in [2.05, 4.69) is 27.7 Å². The van der Waals surface area contributed by atoms with E-state index in [-0.39, 0.29) is 11.0 Å². The number of hydrogen-bond acceptors (Lipinski definition) is 4. The molecular weight excluding hydrogens is 244 g/mol. The van der Waals surface area contributed by atoms with Crippen molar-refractivity contribution < 1.29 is 18.9 Å². The van der Waals surface area contributed by atoms with E-state index >= 15 is 0 Å². The molecule has 0 N–H and O–H groups in total. The topological polar surface area (TPSA) is 36.9 Å². The first-order valence-corrected chi connectivity index (χ1v) is 7.09. The summed E-state index contributed by atoms with van der Waals surface area (Å²) >= 11 is 0. The largest absolute Gasteiger partial charge is 0.384 e. The minimum Gasteiger partial charge on any atom is -0.384 e. The second kappa shape index (κ2) is 9.70. The molecular formula is C15H32O4. The van der Waals surface area contributed by atoms with E-state index in [0.29, 0.717) is 26.4 Å². The fourth-order valence-electron chi connectivity index (χ4n) is 1.77. The second-order valence-corrected chi connectivity index (χ2v) is 6.17.